The SMILES string of the molecule is CC(=O)NCCNc1nc(Nc2cccc(C(=O)Nc3ccccn3)c2)ncc1C(F)(F)F. The fourth-order valence-corrected chi connectivity index (χ4v) is 2.70. The van der Waals surface area contributed by atoms with Gasteiger partial charge in [-0.3, -0.25) is 9.59 Å². The Morgan fingerprint density at radius 3 is 2.55 bits per heavy atom. The lowest BCUT2D eigenvalue weighted by molar-refractivity contribution is -0.137. The van der Waals surface area contributed by atoms with E-state index >= 15 is 0 Å². The highest BCUT2D eigenvalue weighted by Crippen LogP contribution is 2.34. The zero-order valence-electron chi connectivity index (χ0n) is 17.4. The molecule has 2 aromatic heterocycles. The van der Waals surface area contributed by atoms with E-state index in [1.807, 2.05) is 0 Å². The summed E-state index contributed by atoms with van der Waals surface area (Å²) in [7, 11) is 0. The number of aromatic nitrogens is 3. The Kier molecular flexibility index (Phi) is 7.38. The van der Waals surface area contributed by atoms with Crippen LogP contribution in [0.5, 0.6) is 0 Å². The van der Waals surface area contributed by atoms with Crippen LogP contribution in [-0.4, -0.2) is 39.9 Å². The van der Waals surface area contributed by atoms with Crippen LogP contribution in [0.25, 0.3) is 0 Å². The lowest BCUT2D eigenvalue weighted by atomic mass is 10.2. The molecular weight excluding hydrogens is 439 g/mol. The molecule has 0 aliphatic carbocycles. The lowest BCUT2D eigenvalue weighted by Crippen LogP contribution is -2.27. The highest BCUT2D eigenvalue weighted by atomic mass is 19.4. The number of anilines is 4. The Bertz CT molecular complexity index is 1120. The van der Waals surface area contributed by atoms with E-state index in [1.165, 1.54) is 19.2 Å². The molecule has 9 nitrogen and oxygen atoms in total. The number of amides is 2. The summed E-state index contributed by atoms with van der Waals surface area (Å²) >= 11 is 0. The Hall–Kier alpha value is -4.22. The fourth-order valence-electron chi connectivity index (χ4n) is 2.70. The van der Waals surface area contributed by atoms with E-state index in [4.69, 9.17) is 0 Å². The monoisotopic (exact) mass is 459 g/mol. The third-order valence-corrected chi connectivity index (χ3v) is 4.17. The molecule has 4 N–H and O–H groups in total. The summed E-state index contributed by atoms with van der Waals surface area (Å²) in [5.74, 6) is -0.875. The second-order valence-corrected chi connectivity index (χ2v) is 6.74. The predicted molar refractivity (Wildman–Crippen MR) is 116 cm³/mol. The van der Waals surface area contributed by atoms with Crippen LogP contribution in [0.1, 0.15) is 22.8 Å². The van der Waals surface area contributed by atoms with Gasteiger partial charge in [0.25, 0.3) is 5.91 Å². The van der Waals surface area contributed by atoms with Gasteiger partial charge in [0.15, 0.2) is 0 Å². The summed E-state index contributed by atoms with van der Waals surface area (Å²) in [5, 5.41) is 10.5. The molecule has 3 rings (SSSR count). The maximum absolute atomic E-state index is 13.3. The van der Waals surface area contributed by atoms with Gasteiger partial charge in [-0.05, 0) is 30.3 Å². The third-order valence-electron chi connectivity index (χ3n) is 4.17. The van der Waals surface area contributed by atoms with Crippen LogP contribution in [0.4, 0.5) is 36.4 Å². The summed E-state index contributed by atoms with van der Waals surface area (Å²) in [4.78, 5) is 35.1. The van der Waals surface area contributed by atoms with Crippen molar-refractivity contribution in [1.82, 2.24) is 20.3 Å². The topological polar surface area (TPSA) is 121 Å². The number of carbonyl (C=O) groups is 2. The maximum atomic E-state index is 13.3. The van der Waals surface area contributed by atoms with E-state index in [2.05, 4.69) is 36.2 Å². The van der Waals surface area contributed by atoms with Gasteiger partial charge in [0.1, 0.15) is 17.2 Å². The molecule has 0 spiro atoms. The number of carbonyl (C=O) groups excluding carboxylic acids is 2. The first-order chi connectivity index (χ1) is 15.7. The molecule has 1 aromatic carbocycles. The summed E-state index contributed by atoms with van der Waals surface area (Å²) in [6, 6.07) is 11.4. The number of alkyl halides is 3. The van der Waals surface area contributed by atoms with Gasteiger partial charge < -0.3 is 21.3 Å². The molecule has 0 aliphatic heterocycles. The van der Waals surface area contributed by atoms with E-state index in [0.29, 0.717) is 23.3 Å². The van der Waals surface area contributed by atoms with Crippen molar-refractivity contribution in [3.05, 3.63) is 66.0 Å². The minimum Gasteiger partial charge on any atom is -0.368 e. The standard InChI is InChI=1S/C21H20F3N7O2/c1-13(32)25-9-10-27-18-16(21(22,23)24)12-28-20(31-18)29-15-6-4-5-14(11-15)19(33)30-17-7-2-3-8-26-17/h2-8,11-12H,9-10H2,1H3,(H,25,32)(H,26,30,33)(H2,27,28,29,31). The molecule has 0 aliphatic rings. The number of hydrogen-bond donors (Lipinski definition) is 4. The molecule has 0 bridgehead atoms. The number of pyridine rings is 1. The van der Waals surface area contributed by atoms with Crippen molar-refractivity contribution in [2.24, 2.45) is 0 Å². The van der Waals surface area contributed by atoms with Gasteiger partial charge in [-0.2, -0.15) is 18.2 Å². The van der Waals surface area contributed by atoms with E-state index < -0.39 is 23.5 Å². The van der Waals surface area contributed by atoms with Crippen LogP contribution in [0, 0.1) is 0 Å². The lowest BCUT2D eigenvalue weighted by Gasteiger charge is -2.15. The van der Waals surface area contributed by atoms with Gasteiger partial charge in [0, 0.05) is 43.7 Å². The fraction of sp³-hybridized carbons (Fsp3) is 0.190. The molecule has 0 fully saturated rings. The van der Waals surface area contributed by atoms with Crippen LogP contribution in [0.2, 0.25) is 0 Å². The highest BCUT2D eigenvalue weighted by molar-refractivity contribution is 6.04. The zero-order chi connectivity index (χ0) is 23.8. The average Bonchev–Trinajstić information content (AvgIpc) is 2.77. The number of benzene rings is 1. The van der Waals surface area contributed by atoms with Crippen molar-refractivity contribution >= 4 is 35.1 Å². The first kappa shape index (κ1) is 23.4. The number of halogens is 3. The average molecular weight is 459 g/mol. The summed E-state index contributed by atoms with van der Waals surface area (Å²) in [6.45, 7) is 1.45. The number of rotatable bonds is 8. The predicted octanol–water partition coefficient (Wildman–Crippen LogP) is 3.43. The highest BCUT2D eigenvalue weighted by Gasteiger charge is 2.35. The molecule has 0 unspecified atom stereocenters. The molecule has 2 amide bonds. The largest absolute Gasteiger partial charge is 0.421 e. The number of nitrogens with zero attached hydrogens (tertiary/aromatic N) is 3. The van der Waals surface area contributed by atoms with Gasteiger partial charge in [-0.15, -0.1) is 0 Å². The van der Waals surface area contributed by atoms with Gasteiger partial charge in [0.2, 0.25) is 11.9 Å². The Morgan fingerprint density at radius 2 is 1.85 bits per heavy atom. The number of nitrogens with one attached hydrogen (secondary N) is 4. The quantitative estimate of drug-likeness (QED) is 0.381. The molecule has 0 atom stereocenters. The van der Waals surface area contributed by atoms with Crippen LogP contribution in [0.3, 0.4) is 0 Å². The molecule has 3 aromatic rings. The first-order valence-corrected chi connectivity index (χ1v) is 9.74. The summed E-state index contributed by atoms with van der Waals surface area (Å²) in [6.07, 6.45) is -2.47. The minimum atomic E-state index is -4.67. The smallest absolute Gasteiger partial charge is 0.368 e. The normalized spacial score (nSPS) is 10.9. The van der Waals surface area contributed by atoms with E-state index in [-0.39, 0.29) is 24.9 Å². The van der Waals surface area contributed by atoms with Crippen molar-refractivity contribution in [3.8, 4) is 0 Å². The van der Waals surface area contributed by atoms with E-state index in [1.54, 1.807) is 36.4 Å². The molecule has 2 heterocycles. The van der Waals surface area contributed by atoms with Crippen molar-refractivity contribution in [3.63, 3.8) is 0 Å². The molecule has 0 saturated carbocycles. The van der Waals surface area contributed by atoms with Crippen LogP contribution >= 0.6 is 0 Å². The number of hydrogen-bond acceptors (Lipinski definition) is 7. The van der Waals surface area contributed by atoms with Crippen molar-refractivity contribution < 1.29 is 22.8 Å². The summed E-state index contributed by atoms with van der Waals surface area (Å²) in [5.41, 5.74) is -0.349. The van der Waals surface area contributed by atoms with Crippen LogP contribution in [0.15, 0.2) is 54.9 Å². The Labute approximate surface area is 186 Å². The van der Waals surface area contributed by atoms with Crippen LogP contribution < -0.4 is 21.3 Å². The Morgan fingerprint density at radius 1 is 1.03 bits per heavy atom. The van der Waals surface area contributed by atoms with Crippen LogP contribution in [-0.2, 0) is 11.0 Å². The maximum Gasteiger partial charge on any atom is 0.421 e. The second kappa shape index (κ2) is 10.4. The van der Waals surface area contributed by atoms with Gasteiger partial charge in [-0.1, -0.05) is 12.1 Å². The zero-order valence-corrected chi connectivity index (χ0v) is 17.4. The van der Waals surface area contributed by atoms with Gasteiger partial charge in [0.05, 0.1) is 0 Å². The van der Waals surface area contributed by atoms with Gasteiger partial charge >= 0.3 is 6.18 Å². The van der Waals surface area contributed by atoms with E-state index in [9.17, 15) is 22.8 Å². The molecule has 172 valence electrons. The second-order valence-electron chi connectivity index (χ2n) is 6.74. The molecule has 0 radical (unpaired) electrons. The molecule has 12 heteroatoms. The minimum absolute atomic E-state index is 0.0301. The van der Waals surface area contributed by atoms with Crippen molar-refractivity contribution in [2.75, 3.05) is 29.0 Å². The summed E-state index contributed by atoms with van der Waals surface area (Å²) < 4.78 is 39.9. The van der Waals surface area contributed by atoms with Crippen molar-refractivity contribution in [2.45, 2.75) is 13.1 Å². The third kappa shape index (κ3) is 6.89. The molecule has 0 saturated heterocycles. The first-order valence-electron chi connectivity index (χ1n) is 9.74. The van der Waals surface area contributed by atoms with E-state index in [0.717, 1.165) is 0 Å². The van der Waals surface area contributed by atoms with Gasteiger partial charge in [-0.25, -0.2) is 9.97 Å². The molecular formula is C21H20F3N7O2. The Balaban J connectivity index is 1.75. The van der Waals surface area contributed by atoms with Crippen molar-refractivity contribution in [1.29, 1.82) is 0 Å². The molecule has 33 heavy (non-hydrogen) atoms.